The van der Waals surface area contributed by atoms with E-state index in [2.05, 4.69) is 10.6 Å². The first-order chi connectivity index (χ1) is 9.93. The van der Waals surface area contributed by atoms with Crippen LogP contribution in [-0.4, -0.2) is 17.5 Å². The molecule has 0 aliphatic rings. The van der Waals surface area contributed by atoms with Crippen molar-refractivity contribution in [1.82, 2.24) is 9.88 Å². The molecule has 0 aliphatic heterocycles. The lowest BCUT2D eigenvalue weighted by Gasteiger charge is -2.15. The average Bonchev–Trinajstić information content (AvgIpc) is 2.45. The number of benzene rings is 1. The van der Waals surface area contributed by atoms with E-state index < -0.39 is 5.82 Å². The van der Waals surface area contributed by atoms with Crippen LogP contribution in [0.3, 0.4) is 0 Å². The Morgan fingerprint density at radius 2 is 2.00 bits per heavy atom. The third-order valence-corrected chi connectivity index (χ3v) is 3.64. The maximum absolute atomic E-state index is 13.9. The Labute approximate surface area is 134 Å². The number of nitrogens with one attached hydrogen (secondary N) is 2. The van der Waals surface area contributed by atoms with Crippen molar-refractivity contribution in [2.45, 2.75) is 0 Å². The van der Waals surface area contributed by atoms with E-state index in [1.807, 2.05) is 22.6 Å². The number of anilines is 2. The van der Waals surface area contributed by atoms with E-state index in [1.54, 1.807) is 12.1 Å². The van der Waals surface area contributed by atoms with Gasteiger partial charge in [0.25, 0.3) is 11.5 Å². The Bertz CT molecular complexity index is 758. The Morgan fingerprint density at radius 1 is 1.29 bits per heavy atom. The number of pyridine rings is 1. The van der Waals surface area contributed by atoms with Gasteiger partial charge in [-0.2, -0.15) is 0 Å². The maximum Gasteiger partial charge on any atom is 0.254 e. The number of hydrogen-bond donors (Lipinski definition) is 2. The summed E-state index contributed by atoms with van der Waals surface area (Å²) in [5.41, 5.74) is 0.162. The second-order valence-electron chi connectivity index (χ2n) is 4.32. The van der Waals surface area contributed by atoms with Gasteiger partial charge in [0, 0.05) is 23.7 Å². The predicted molar refractivity (Wildman–Crippen MR) is 87.5 cm³/mol. The molecule has 1 aromatic carbocycles. The van der Waals surface area contributed by atoms with E-state index >= 15 is 0 Å². The van der Waals surface area contributed by atoms with E-state index in [-0.39, 0.29) is 28.5 Å². The van der Waals surface area contributed by atoms with Crippen LogP contribution in [0.5, 0.6) is 0 Å². The Kier molecular flexibility index (Phi) is 4.61. The molecular weight excluding hydrogens is 388 g/mol. The van der Waals surface area contributed by atoms with Gasteiger partial charge in [-0.25, -0.2) is 4.39 Å². The van der Waals surface area contributed by atoms with E-state index in [1.165, 1.54) is 36.9 Å². The fourth-order valence-electron chi connectivity index (χ4n) is 1.82. The maximum atomic E-state index is 13.9. The molecule has 1 heterocycles. The number of carbonyl (C=O) groups is 1. The van der Waals surface area contributed by atoms with Crippen LogP contribution in [0.1, 0.15) is 10.4 Å². The fourth-order valence-corrected chi connectivity index (χ4v) is 2.28. The van der Waals surface area contributed by atoms with Crippen LogP contribution in [0.15, 0.2) is 35.1 Å². The van der Waals surface area contributed by atoms with Crippen molar-refractivity contribution in [3.05, 3.63) is 55.6 Å². The molecule has 7 heteroatoms. The highest BCUT2D eigenvalue weighted by Crippen LogP contribution is 2.23. The number of nitrogens with zero attached hydrogens (tertiary/aromatic N) is 1. The van der Waals surface area contributed by atoms with Gasteiger partial charge in [0.1, 0.15) is 11.6 Å². The highest BCUT2D eigenvalue weighted by atomic mass is 127. The minimum atomic E-state index is -0.457. The molecule has 21 heavy (non-hydrogen) atoms. The van der Waals surface area contributed by atoms with Crippen molar-refractivity contribution in [1.29, 1.82) is 0 Å². The van der Waals surface area contributed by atoms with E-state index in [9.17, 15) is 14.0 Å². The summed E-state index contributed by atoms with van der Waals surface area (Å²) < 4.78 is 15.9. The monoisotopic (exact) mass is 401 g/mol. The van der Waals surface area contributed by atoms with E-state index in [0.717, 1.165) is 3.57 Å². The quantitative estimate of drug-likeness (QED) is 0.776. The van der Waals surface area contributed by atoms with Crippen molar-refractivity contribution in [2.75, 3.05) is 12.4 Å². The van der Waals surface area contributed by atoms with Crippen LogP contribution in [0.2, 0.25) is 0 Å². The van der Waals surface area contributed by atoms with Gasteiger partial charge >= 0.3 is 0 Å². The number of rotatable bonds is 3. The van der Waals surface area contributed by atoms with Crippen LogP contribution in [0, 0.1) is 9.39 Å². The molecule has 0 spiro atoms. The number of hydrogen-bond acceptors (Lipinski definition) is 3. The zero-order valence-electron chi connectivity index (χ0n) is 11.4. The van der Waals surface area contributed by atoms with Crippen molar-refractivity contribution in [3.8, 4) is 0 Å². The van der Waals surface area contributed by atoms with Crippen LogP contribution in [-0.2, 0) is 7.05 Å². The first kappa shape index (κ1) is 15.5. The Morgan fingerprint density at radius 3 is 2.62 bits per heavy atom. The number of carbonyl (C=O) groups excluding carboxylic acids is 1. The lowest BCUT2D eigenvalue weighted by atomic mass is 10.2. The summed E-state index contributed by atoms with van der Waals surface area (Å²) in [5.74, 6) is -0.581. The summed E-state index contributed by atoms with van der Waals surface area (Å²) in [6, 6.07) is 7.35. The molecule has 110 valence electrons. The molecule has 0 saturated heterocycles. The van der Waals surface area contributed by atoms with Gasteiger partial charge in [0.15, 0.2) is 0 Å². The summed E-state index contributed by atoms with van der Waals surface area (Å²) >= 11 is 2.00. The SMILES string of the molecule is CNC(=O)c1ccc(=O)n(C)c1Nc1ccc(I)cc1F. The molecule has 0 fully saturated rings. The molecule has 0 atom stereocenters. The minimum absolute atomic E-state index is 0.196. The summed E-state index contributed by atoms with van der Waals surface area (Å²) in [5, 5.41) is 5.30. The summed E-state index contributed by atoms with van der Waals surface area (Å²) in [4.78, 5) is 23.6. The summed E-state index contributed by atoms with van der Waals surface area (Å²) in [6.07, 6.45) is 0. The molecule has 2 rings (SSSR count). The van der Waals surface area contributed by atoms with Gasteiger partial charge in [0.05, 0.1) is 11.3 Å². The van der Waals surface area contributed by atoms with Crippen LogP contribution >= 0.6 is 22.6 Å². The minimum Gasteiger partial charge on any atom is -0.355 e. The van der Waals surface area contributed by atoms with Crippen LogP contribution in [0.25, 0.3) is 0 Å². The smallest absolute Gasteiger partial charge is 0.254 e. The van der Waals surface area contributed by atoms with Crippen molar-refractivity contribution < 1.29 is 9.18 Å². The third-order valence-electron chi connectivity index (χ3n) is 2.97. The zero-order valence-corrected chi connectivity index (χ0v) is 13.6. The first-order valence-electron chi connectivity index (χ1n) is 6.08. The molecule has 0 bridgehead atoms. The molecule has 0 unspecified atom stereocenters. The Hall–Kier alpha value is -1.90. The second kappa shape index (κ2) is 6.25. The second-order valence-corrected chi connectivity index (χ2v) is 5.57. The molecule has 5 nitrogen and oxygen atoms in total. The van der Waals surface area contributed by atoms with Crippen molar-refractivity contribution in [3.63, 3.8) is 0 Å². The van der Waals surface area contributed by atoms with Crippen molar-refractivity contribution >= 4 is 40.0 Å². The van der Waals surface area contributed by atoms with Gasteiger partial charge in [-0.1, -0.05) is 0 Å². The summed E-state index contributed by atoms with van der Waals surface area (Å²) in [6.45, 7) is 0. The van der Waals surface area contributed by atoms with E-state index in [0.29, 0.717) is 0 Å². The molecule has 0 aliphatic carbocycles. The van der Waals surface area contributed by atoms with Gasteiger partial charge in [0.2, 0.25) is 0 Å². The molecule has 1 aromatic heterocycles. The van der Waals surface area contributed by atoms with Gasteiger partial charge < -0.3 is 10.6 Å². The highest BCUT2D eigenvalue weighted by molar-refractivity contribution is 14.1. The van der Waals surface area contributed by atoms with Crippen LogP contribution < -0.4 is 16.2 Å². The molecule has 0 radical (unpaired) electrons. The van der Waals surface area contributed by atoms with E-state index in [4.69, 9.17) is 0 Å². The Balaban J connectivity index is 2.54. The molecule has 2 aromatic rings. The largest absolute Gasteiger partial charge is 0.355 e. The molecule has 0 saturated carbocycles. The first-order valence-corrected chi connectivity index (χ1v) is 7.16. The number of halogens is 2. The normalized spacial score (nSPS) is 10.3. The predicted octanol–water partition coefficient (Wildman–Crippen LogP) is 2.23. The van der Waals surface area contributed by atoms with Crippen molar-refractivity contribution in [2.24, 2.45) is 7.05 Å². The molecule has 2 N–H and O–H groups in total. The summed E-state index contributed by atoms with van der Waals surface area (Å²) in [7, 11) is 3.00. The number of amides is 1. The standard InChI is InChI=1S/C14H13FIN3O2/c1-17-14(21)9-4-6-12(20)19(2)13(9)18-11-5-3-8(16)7-10(11)15/h3-7,18H,1-2H3,(H,17,21). The highest BCUT2D eigenvalue weighted by Gasteiger charge is 2.15. The van der Waals surface area contributed by atoms with Gasteiger partial charge in [-0.15, -0.1) is 0 Å². The zero-order chi connectivity index (χ0) is 15.6. The lowest BCUT2D eigenvalue weighted by molar-refractivity contribution is 0.0963. The molecular formula is C14H13FIN3O2. The number of aromatic nitrogens is 1. The topological polar surface area (TPSA) is 63.1 Å². The van der Waals surface area contributed by atoms with Gasteiger partial charge in [-0.05, 0) is 46.9 Å². The lowest BCUT2D eigenvalue weighted by Crippen LogP contribution is -2.26. The third kappa shape index (κ3) is 3.23. The van der Waals surface area contributed by atoms with Gasteiger partial charge in [-0.3, -0.25) is 14.2 Å². The average molecular weight is 401 g/mol. The molecule has 1 amide bonds. The fraction of sp³-hybridized carbons (Fsp3) is 0.143. The van der Waals surface area contributed by atoms with Crippen LogP contribution in [0.4, 0.5) is 15.9 Å².